The highest BCUT2D eigenvalue weighted by Crippen LogP contribution is 2.21. The molecule has 0 atom stereocenters. The summed E-state index contributed by atoms with van der Waals surface area (Å²) in [6, 6.07) is 13.0. The number of likely N-dealkylation sites (tertiary alicyclic amines) is 1. The zero-order valence-electron chi connectivity index (χ0n) is 14.5. The second kappa shape index (κ2) is 7.30. The van der Waals surface area contributed by atoms with Gasteiger partial charge in [0, 0.05) is 30.7 Å². The first-order valence-electron chi connectivity index (χ1n) is 8.58. The van der Waals surface area contributed by atoms with Gasteiger partial charge in [-0.2, -0.15) is 5.26 Å². The van der Waals surface area contributed by atoms with Crippen LogP contribution < -0.4 is 4.74 Å². The van der Waals surface area contributed by atoms with Crippen molar-refractivity contribution in [3.8, 4) is 11.9 Å². The van der Waals surface area contributed by atoms with Gasteiger partial charge in [-0.25, -0.2) is 9.97 Å². The van der Waals surface area contributed by atoms with Crippen LogP contribution in [0.2, 0.25) is 0 Å². The van der Waals surface area contributed by atoms with Crippen molar-refractivity contribution >= 4 is 5.91 Å². The van der Waals surface area contributed by atoms with Crippen molar-refractivity contribution < 1.29 is 9.53 Å². The van der Waals surface area contributed by atoms with Gasteiger partial charge >= 0.3 is 0 Å². The van der Waals surface area contributed by atoms with Crippen LogP contribution in [-0.2, 0) is 6.54 Å². The molecule has 7 nitrogen and oxygen atoms in total. The topological polar surface area (TPSA) is 84.0 Å². The smallest absolute Gasteiger partial charge is 0.254 e. The van der Waals surface area contributed by atoms with Gasteiger partial charge in [-0.15, -0.1) is 0 Å². The van der Waals surface area contributed by atoms with Crippen molar-refractivity contribution in [1.82, 2.24) is 19.4 Å². The van der Waals surface area contributed by atoms with Gasteiger partial charge in [-0.05, 0) is 29.8 Å². The average molecular weight is 359 g/mol. The summed E-state index contributed by atoms with van der Waals surface area (Å²) in [4.78, 5) is 22.4. The molecule has 0 N–H and O–H groups in total. The van der Waals surface area contributed by atoms with Crippen LogP contribution in [0.5, 0.6) is 5.88 Å². The second-order valence-electron chi connectivity index (χ2n) is 6.35. The highest BCUT2D eigenvalue weighted by atomic mass is 16.5. The highest BCUT2D eigenvalue weighted by Gasteiger charge is 2.33. The third-order valence-electron chi connectivity index (χ3n) is 4.43. The highest BCUT2D eigenvalue weighted by molar-refractivity contribution is 5.94. The molecule has 1 amide bonds. The zero-order chi connectivity index (χ0) is 18.6. The number of carbonyl (C=O) groups is 1. The lowest BCUT2D eigenvalue weighted by Crippen LogP contribution is -2.56. The first kappa shape index (κ1) is 16.8. The van der Waals surface area contributed by atoms with Crippen LogP contribution in [0.3, 0.4) is 0 Å². The minimum absolute atomic E-state index is 0.0226. The molecule has 0 aliphatic carbocycles. The Morgan fingerprint density at radius 2 is 2.04 bits per heavy atom. The fourth-order valence-corrected chi connectivity index (χ4v) is 2.93. The van der Waals surface area contributed by atoms with Gasteiger partial charge in [0.1, 0.15) is 17.7 Å². The zero-order valence-corrected chi connectivity index (χ0v) is 14.5. The molecular weight excluding hydrogens is 342 g/mol. The van der Waals surface area contributed by atoms with Gasteiger partial charge in [0.15, 0.2) is 0 Å². The molecule has 4 rings (SSSR count). The number of benzene rings is 1. The summed E-state index contributed by atoms with van der Waals surface area (Å²) in [6.07, 6.45) is 6.85. The SMILES string of the molecule is N#Cc1cccnc1OC1CN(C(=O)c2ccc(Cn3ccnc3)cc2)C1. The number of aromatic nitrogens is 3. The molecule has 0 saturated carbocycles. The molecular formula is C20H17N5O2. The Morgan fingerprint density at radius 3 is 2.74 bits per heavy atom. The molecule has 1 aliphatic rings. The van der Waals surface area contributed by atoms with Crippen molar-refractivity contribution in [3.05, 3.63) is 78.0 Å². The monoisotopic (exact) mass is 359 g/mol. The van der Waals surface area contributed by atoms with Gasteiger partial charge in [0.2, 0.25) is 5.88 Å². The van der Waals surface area contributed by atoms with Gasteiger partial charge in [-0.1, -0.05) is 12.1 Å². The Bertz CT molecular complexity index is 970. The van der Waals surface area contributed by atoms with Gasteiger partial charge in [0.25, 0.3) is 5.91 Å². The van der Waals surface area contributed by atoms with Gasteiger partial charge in [0.05, 0.1) is 19.4 Å². The van der Waals surface area contributed by atoms with E-state index in [0.717, 1.165) is 12.1 Å². The van der Waals surface area contributed by atoms with E-state index in [4.69, 9.17) is 10.00 Å². The van der Waals surface area contributed by atoms with Gasteiger partial charge in [-0.3, -0.25) is 4.79 Å². The summed E-state index contributed by atoms with van der Waals surface area (Å²) in [5.41, 5.74) is 2.16. The molecule has 3 heterocycles. The molecule has 0 unspecified atom stereocenters. The van der Waals surface area contributed by atoms with E-state index >= 15 is 0 Å². The lowest BCUT2D eigenvalue weighted by Gasteiger charge is -2.38. The largest absolute Gasteiger partial charge is 0.470 e. The lowest BCUT2D eigenvalue weighted by atomic mass is 10.1. The number of amides is 1. The Balaban J connectivity index is 1.33. The molecule has 27 heavy (non-hydrogen) atoms. The maximum atomic E-state index is 12.6. The van der Waals surface area contributed by atoms with E-state index in [1.54, 1.807) is 35.8 Å². The number of hydrogen-bond acceptors (Lipinski definition) is 5. The molecule has 2 aromatic heterocycles. The first-order chi connectivity index (χ1) is 13.2. The van der Waals surface area contributed by atoms with Crippen LogP contribution in [-0.4, -0.2) is 44.5 Å². The first-order valence-corrected chi connectivity index (χ1v) is 8.58. The van der Waals surface area contributed by atoms with Crippen LogP contribution >= 0.6 is 0 Å². The third-order valence-corrected chi connectivity index (χ3v) is 4.43. The molecule has 1 aromatic carbocycles. The standard InChI is InChI=1S/C20H17N5O2/c21-10-17-2-1-7-23-19(17)27-18-12-25(13-18)20(26)16-5-3-15(4-6-16)11-24-9-8-22-14-24/h1-9,14,18H,11-13H2. The average Bonchev–Trinajstić information content (AvgIpc) is 3.18. The van der Waals surface area contributed by atoms with Crippen molar-refractivity contribution in [2.45, 2.75) is 12.6 Å². The summed E-state index contributed by atoms with van der Waals surface area (Å²) < 4.78 is 7.70. The molecule has 0 spiro atoms. The molecule has 1 aliphatic heterocycles. The third kappa shape index (κ3) is 3.65. The number of carbonyl (C=O) groups excluding carboxylic acids is 1. The van der Waals surface area contributed by atoms with Crippen molar-refractivity contribution in [1.29, 1.82) is 5.26 Å². The summed E-state index contributed by atoms with van der Waals surface area (Å²) in [7, 11) is 0. The Kier molecular flexibility index (Phi) is 4.54. The van der Waals surface area contributed by atoms with Crippen LogP contribution in [0.1, 0.15) is 21.5 Å². The molecule has 7 heteroatoms. The van der Waals surface area contributed by atoms with Crippen molar-refractivity contribution in [2.24, 2.45) is 0 Å². The van der Waals surface area contributed by atoms with Crippen LogP contribution in [0.25, 0.3) is 0 Å². The normalized spacial score (nSPS) is 13.7. The summed E-state index contributed by atoms with van der Waals surface area (Å²) in [5, 5.41) is 9.07. The number of rotatable bonds is 5. The summed E-state index contributed by atoms with van der Waals surface area (Å²) in [5.74, 6) is 0.298. The molecule has 134 valence electrons. The van der Waals surface area contributed by atoms with E-state index in [1.165, 1.54) is 0 Å². The number of imidazole rings is 1. The second-order valence-corrected chi connectivity index (χ2v) is 6.35. The van der Waals surface area contributed by atoms with E-state index in [9.17, 15) is 4.79 Å². The minimum atomic E-state index is -0.142. The maximum absolute atomic E-state index is 12.6. The number of hydrogen-bond donors (Lipinski definition) is 0. The summed E-state index contributed by atoms with van der Waals surface area (Å²) >= 11 is 0. The van der Waals surface area contributed by atoms with Crippen LogP contribution in [0.15, 0.2) is 61.3 Å². The predicted octanol–water partition coefficient (Wildman–Crippen LogP) is 2.10. The van der Waals surface area contributed by atoms with E-state index < -0.39 is 0 Å². The Morgan fingerprint density at radius 1 is 1.22 bits per heavy atom. The minimum Gasteiger partial charge on any atom is -0.470 e. The molecule has 1 fully saturated rings. The van der Waals surface area contributed by atoms with Crippen LogP contribution in [0.4, 0.5) is 0 Å². The number of nitrogens with zero attached hydrogens (tertiary/aromatic N) is 5. The number of ether oxygens (including phenoxy) is 1. The quantitative estimate of drug-likeness (QED) is 0.697. The molecule has 0 bridgehead atoms. The van der Waals surface area contributed by atoms with Crippen molar-refractivity contribution in [3.63, 3.8) is 0 Å². The van der Waals surface area contributed by atoms with Crippen molar-refractivity contribution in [2.75, 3.05) is 13.1 Å². The predicted molar refractivity (Wildman–Crippen MR) is 97.0 cm³/mol. The Hall–Kier alpha value is -3.66. The molecule has 0 radical (unpaired) electrons. The van der Waals surface area contributed by atoms with E-state index in [0.29, 0.717) is 30.1 Å². The fraction of sp³-hybridized carbons (Fsp3) is 0.200. The molecule has 3 aromatic rings. The lowest BCUT2D eigenvalue weighted by molar-refractivity contribution is 0.0159. The number of pyridine rings is 1. The van der Waals surface area contributed by atoms with E-state index in [2.05, 4.69) is 16.0 Å². The van der Waals surface area contributed by atoms with Gasteiger partial charge < -0.3 is 14.2 Å². The summed E-state index contributed by atoms with van der Waals surface area (Å²) in [6.45, 7) is 1.69. The maximum Gasteiger partial charge on any atom is 0.254 e. The van der Waals surface area contributed by atoms with E-state index in [1.807, 2.05) is 35.0 Å². The molecule has 1 saturated heterocycles. The van der Waals surface area contributed by atoms with E-state index in [-0.39, 0.29) is 12.0 Å². The van der Waals surface area contributed by atoms with Crippen LogP contribution in [0, 0.1) is 11.3 Å². The fourth-order valence-electron chi connectivity index (χ4n) is 2.93. The Labute approximate surface area is 156 Å². The number of nitriles is 1.